The molecule has 1 aromatic carbocycles. The number of fused-ring (bicyclic) bond motifs is 1. The molecule has 0 radical (unpaired) electrons. The standard InChI is InChI=1S/C14H14N4O/c1-11(19)18-9-7-13-10-12(5-6-14(13)18)4-2-3-8-16-17-15/h5-6,10H,3,7-9H2,1H3. The largest absolute Gasteiger partial charge is 0.312 e. The average molecular weight is 254 g/mol. The molecule has 19 heavy (non-hydrogen) atoms. The molecule has 0 spiro atoms. The minimum absolute atomic E-state index is 0.0759. The van der Waals surface area contributed by atoms with Gasteiger partial charge in [-0.2, -0.15) is 0 Å². The van der Waals surface area contributed by atoms with Crippen LogP contribution in [0.1, 0.15) is 24.5 Å². The Morgan fingerprint density at radius 2 is 2.42 bits per heavy atom. The molecule has 5 nitrogen and oxygen atoms in total. The molecular formula is C14H14N4O. The van der Waals surface area contributed by atoms with E-state index in [1.165, 1.54) is 0 Å². The van der Waals surface area contributed by atoms with Gasteiger partial charge in [-0.3, -0.25) is 4.79 Å². The van der Waals surface area contributed by atoms with Crippen LogP contribution in [0.15, 0.2) is 23.3 Å². The first kappa shape index (κ1) is 13.0. The summed E-state index contributed by atoms with van der Waals surface area (Å²) in [5.41, 5.74) is 11.2. The molecule has 0 N–H and O–H groups in total. The van der Waals surface area contributed by atoms with Gasteiger partial charge in [0.1, 0.15) is 0 Å². The van der Waals surface area contributed by atoms with E-state index in [9.17, 15) is 4.79 Å². The Bertz CT molecular complexity index is 606. The van der Waals surface area contributed by atoms with Gasteiger partial charge >= 0.3 is 0 Å². The number of nitrogens with zero attached hydrogens (tertiary/aromatic N) is 4. The molecule has 0 aromatic heterocycles. The summed E-state index contributed by atoms with van der Waals surface area (Å²) >= 11 is 0. The Labute approximate surface area is 111 Å². The predicted octanol–water partition coefficient (Wildman–Crippen LogP) is 2.65. The van der Waals surface area contributed by atoms with Crippen molar-refractivity contribution in [2.75, 3.05) is 18.0 Å². The zero-order chi connectivity index (χ0) is 13.7. The smallest absolute Gasteiger partial charge is 0.223 e. The summed E-state index contributed by atoms with van der Waals surface area (Å²) in [6.45, 7) is 2.73. The second kappa shape index (κ2) is 5.94. The van der Waals surface area contributed by atoms with E-state index >= 15 is 0 Å². The Kier molecular flexibility index (Phi) is 4.07. The Morgan fingerprint density at radius 1 is 1.58 bits per heavy atom. The van der Waals surface area contributed by atoms with E-state index < -0.39 is 0 Å². The van der Waals surface area contributed by atoms with Crippen LogP contribution in [0.5, 0.6) is 0 Å². The summed E-state index contributed by atoms with van der Waals surface area (Å²) in [6, 6.07) is 5.89. The number of amides is 1. The lowest BCUT2D eigenvalue weighted by Crippen LogP contribution is -2.25. The van der Waals surface area contributed by atoms with Crippen LogP contribution in [0.4, 0.5) is 5.69 Å². The highest BCUT2D eigenvalue weighted by molar-refractivity contribution is 5.93. The SMILES string of the molecule is CC(=O)N1CCc2cc(C#CCCN=[N+]=[N-])ccc21. The van der Waals surface area contributed by atoms with Crippen LogP contribution in [0.25, 0.3) is 10.4 Å². The fourth-order valence-corrected chi connectivity index (χ4v) is 2.12. The van der Waals surface area contributed by atoms with Crippen LogP contribution in [0.2, 0.25) is 0 Å². The molecule has 0 fully saturated rings. The lowest BCUT2D eigenvalue weighted by molar-refractivity contribution is -0.116. The van der Waals surface area contributed by atoms with Crippen molar-refractivity contribution in [2.45, 2.75) is 19.8 Å². The van der Waals surface area contributed by atoms with Crippen LogP contribution in [-0.2, 0) is 11.2 Å². The normalized spacial score (nSPS) is 12.2. The number of hydrogen-bond acceptors (Lipinski definition) is 2. The number of anilines is 1. The minimum atomic E-state index is 0.0759. The van der Waals surface area contributed by atoms with Gasteiger partial charge in [0.2, 0.25) is 5.91 Å². The highest BCUT2D eigenvalue weighted by Crippen LogP contribution is 2.28. The Balaban J connectivity index is 2.10. The summed E-state index contributed by atoms with van der Waals surface area (Å²) in [6.07, 6.45) is 1.43. The lowest BCUT2D eigenvalue weighted by atomic mass is 10.1. The molecule has 0 unspecified atom stereocenters. The quantitative estimate of drug-likeness (QED) is 0.263. The molecule has 1 aliphatic rings. The van der Waals surface area contributed by atoms with Crippen molar-refractivity contribution in [1.29, 1.82) is 0 Å². The molecule has 96 valence electrons. The third-order valence-corrected chi connectivity index (χ3v) is 2.99. The van der Waals surface area contributed by atoms with E-state index in [-0.39, 0.29) is 5.91 Å². The van der Waals surface area contributed by atoms with Crippen molar-refractivity contribution in [3.05, 3.63) is 39.8 Å². The highest BCUT2D eigenvalue weighted by atomic mass is 16.2. The van der Waals surface area contributed by atoms with Crippen LogP contribution in [-0.4, -0.2) is 19.0 Å². The van der Waals surface area contributed by atoms with Crippen molar-refractivity contribution in [3.8, 4) is 11.8 Å². The molecule has 0 saturated carbocycles. The topological polar surface area (TPSA) is 69.1 Å². The fraction of sp³-hybridized carbons (Fsp3) is 0.357. The summed E-state index contributed by atoms with van der Waals surface area (Å²) in [4.78, 5) is 15.9. The molecule has 1 aromatic rings. The van der Waals surface area contributed by atoms with Gasteiger partial charge in [-0.25, -0.2) is 0 Å². The number of carbonyl (C=O) groups excluding carboxylic acids is 1. The van der Waals surface area contributed by atoms with Crippen LogP contribution < -0.4 is 4.90 Å². The zero-order valence-corrected chi connectivity index (χ0v) is 10.8. The first-order valence-electron chi connectivity index (χ1n) is 6.13. The van der Waals surface area contributed by atoms with E-state index in [1.54, 1.807) is 11.8 Å². The Hall–Kier alpha value is -2.44. The molecule has 0 aliphatic carbocycles. The van der Waals surface area contributed by atoms with E-state index in [0.717, 1.165) is 29.8 Å². The minimum Gasteiger partial charge on any atom is -0.312 e. The highest BCUT2D eigenvalue weighted by Gasteiger charge is 2.21. The molecule has 0 atom stereocenters. The number of carbonyl (C=O) groups is 1. The summed E-state index contributed by atoms with van der Waals surface area (Å²) in [7, 11) is 0. The summed E-state index contributed by atoms with van der Waals surface area (Å²) < 4.78 is 0. The Morgan fingerprint density at radius 3 is 3.16 bits per heavy atom. The van der Waals surface area contributed by atoms with Gasteiger partial charge < -0.3 is 4.90 Å². The van der Waals surface area contributed by atoms with Crippen molar-refractivity contribution in [3.63, 3.8) is 0 Å². The lowest BCUT2D eigenvalue weighted by Gasteiger charge is -2.14. The van der Waals surface area contributed by atoms with Crippen molar-refractivity contribution in [2.24, 2.45) is 5.11 Å². The van der Waals surface area contributed by atoms with Crippen molar-refractivity contribution >= 4 is 11.6 Å². The average Bonchev–Trinajstić information content (AvgIpc) is 2.81. The summed E-state index contributed by atoms with van der Waals surface area (Å²) in [5.74, 6) is 6.08. The van der Waals surface area contributed by atoms with E-state index in [0.29, 0.717) is 13.0 Å². The molecular weight excluding hydrogens is 240 g/mol. The zero-order valence-electron chi connectivity index (χ0n) is 10.8. The summed E-state index contributed by atoms with van der Waals surface area (Å²) in [5, 5.41) is 3.42. The second-order valence-electron chi connectivity index (χ2n) is 4.27. The van der Waals surface area contributed by atoms with Gasteiger partial charge in [0, 0.05) is 42.6 Å². The van der Waals surface area contributed by atoms with Gasteiger partial charge in [-0.15, -0.1) is 0 Å². The maximum Gasteiger partial charge on any atom is 0.223 e. The fourth-order valence-electron chi connectivity index (χ4n) is 2.12. The van der Waals surface area contributed by atoms with E-state index in [1.807, 2.05) is 18.2 Å². The number of benzene rings is 1. The van der Waals surface area contributed by atoms with E-state index in [2.05, 4.69) is 21.9 Å². The van der Waals surface area contributed by atoms with Crippen LogP contribution in [0.3, 0.4) is 0 Å². The third-order valence-electron chi connectivity index (χ3n) is 2.99. The van der Waals surface area contributed by atoms with Crippen molar-refractivity contribution in [1.82, 2.24) is 0 Å². The van der Waals surface area contributed by atoms with Crippen LogP contribution >= 0.6 is 0 Å². The van der Waals surface area contributed by atoms with Gasteiger partial charge in [0.15, 0.2) is 0 Å². The van der Waals surface area contributed by atoms with Crippen molar-refractivity contribution < 1.29 is 4.79 Å². The molecule has 0 saturated heterocycles. The first-order valence-corrected chi connectivity index (χ1v) is 6.13. The van der Waals surface area contributed by atoms with Gasteiger partial charge in [0.25, 0.3) is 0 Å². The van der Waals surface area contributed by atoms with E-state index in [4.69, 9.17) is 5.53 Å². The molecule has 2 rings (SSSR count). The molecule has 1 aliphatic heterocycles. The van der Waals surface area contributed by atoms with Gasteiger partial charge in [0.05, 0.1) is 0 Å². The first-order chi connectivity index (χ1) is 9.22. The monoisotopic (exact) mass is 254 g/mol. The maximum atomic E-state index is 11.4. The predicted molar refractivity (Wildman–Crippen MR) is 73.7 cm³/mol. The number of hydrogen-bond donors (Lipinski definition) is 0. The number of azide groups is 1. The molecule has 1 amide bonds. The number of rotatable bonds is 2. The third kappa shape index (κ3) is 3.06. The molecule has 5 heteroatoms. The maximum absolute atomic E-state index is 11.4. The molecule has 1 heterocycles. The second-order valence-corrected chi connectivity index (χ2v) is 4.27. The molecule has 0 bridgehead atoms. The van der Waals surface area contributed by atoms with Gasteiger partial charge in [-0.1, -0.05) is 17.0 Å². The van der Waals surface area contributed by atoms with Crippen LogP contribution in [0, 0.1) is 11.8 Å². The van der Waals surface area contributed by atoms with Gasteiger partial charge in [-0.05, 0) is 35.7 Å².